The number of pyridine rings is 1. The number of aromatic nitrogens is 1. The van der Waals surface area contributed by atoms with E-state index in [1.165, 1.54) is 5.56 Å². The van der Waals surface area contributed by atoms with Gasteiger partial charge in [-0.25, -0.2) is 12.7 Å². The maximum atomic E-state index is 12.7. The lowest BCUT2D eigenvalue weighted by atomic mass is 10.0. The van der Waals surface area contributed by atoms with E-state index in [9.17, 15) is 8.42 Å². The Hall–Kier alpha value is -1.76. The van der Waals surface area contributed by atoms with Crippen LogP contribution in [0.2, 0.25) is 0 Å². The van der Waals surface area contributed by atoms with Gasteiger partial charge in [0.05, 0.1) is 5.75 Å². The van der Waals surface area contributed by atoms with E-state index >= 15 is 0 Å². The van der Waals surface area contributed by atoms with Gasteiger partial charge < -0.3 is 4.90 Å². The summed E-state index contributed by atoms with van der Waals surface area (Å²) in [5.74, 6) is 0.0760. The molecule has 1 fully saturated rings. The second-order valence-electron chi connectivity index (χ2n) is 6.94. The van der Waals surface area contributed by atoms with Gasteiger partial charge >= 0.3 is 0 Å². The summed E-state index contributed by atoms with van der Waals surface area (Å²) in [6.07, 6.45) is 6.44. The number of piperidine rings is 1. The Bertz CT molecular complexity index is 773. The predicted octanol–water partition coefficient (Wildman–Crippen LogP) is 2.55. The molecule has 0 N–H and O–H groups in total. The summed E-state index contributed by atoms with van der Waals surface area (Å²) in [4.78, 5) is 6.47. The van der Waals surface area contributed by atoms with Gasteiger partial charge in [-0.05, 0) is 55.6 Å². The van der Waals surface area contributed by atoms with Crippen molar-refractivity contribution in [2.24, 2.45) is 0 Å². The largest absolute Gasteiger partial charge is 0.303 e. The van der Waals surface area contributed by atoms with E-state index in [0.717, 1.165) is 44.5 Å². The first kappa shape index (κ1) is 19.0. The zero-order valence-electron chi connectivity index (χ0n) is 15.3. The molecular formula is C20H27N3O2S. The summed E-state index contributed by atoms with van der Waals surface area (Å²) in [7, 11) is -1.55. The number of hydrogen-bond donors (Lipinski definition) is 0. The molecule has 0 bridgehead atoms. The van der Waals surface area contributed by atoms with Gasteiger partial charge in [-0.3, -0.25) is 4.98 Å². The van der Waals surface area contributed by atoms with Crippen LogP contribution in [-0.2, 0) is 22.2 Å². The second-order valence-corrected chi connectivity index (χ2v) is 8.96. The minimum atomic E-state index is -3.28. The molecule has 5 nitrogen and oxygen atoms in total. The molecule has 0 saturated carbocycles. The lowest BCUT2D eigenvalue weighted by molar-refractivity contribution is 0.171. The van der Waals surface area contributed by atoms with Crippen LogP contribution in [0.25, 0.3) is 0 Å². The van der Waals surface area contributed by atoms with Crippen molar-refractivity contribution in [3.63, 3.8) is 0 Å². The second kappa shape index (κ2) is 8.75. The summed E-state index contributed by atoms with van der Waals surface area (Å²) in [6.45, 7) is 2.90. The molecule has 0 amide bonds. The van der Waals surface area contributed by atoms with E-state index in [0.29, 0.717) is 0 Å². The summed E-state index contributed by atoms with van der Waals surface area (Å²) in [6, 6.07) is 13.6. The van der Waals surface area contributed by atoms with Crippen molar-refractivity contribution in [3.8, 4) is 0 Å². The number of sulfonamides is 1. The fourth-order valence-electron chi connectivity index (χ4n) is 3.46. The molecule has 0 atom stereocenters. The third kappa shape index (κ3) is 5.13. The van der Waals surface area contributed by atoms with Crippen LogP contribution in [-0.4, -0.2) is 55.3 Å². The van der Waals surface area contributed by atoms with E-state index in [1.54, 1.807) is 11.4 Å². The highest BCUT2D eigenvalue weighted by atomic mass is 32.2. The summed E-state index contributed by atoms with van der Waals surface area (Å²) in [5, 5.41) is 0. The maximum absolute atomic E-state index is 12.7. The van der Waals surface area contributed by atoms with E-state index in [4.69, 9.17) is 0 Å². The van der Waals surface area contributed by atoms with Gasteiger partial charge in [-0.1, -0.05) is 30.3 Å². The van der Waals surface area contributed by atoms with Crippen molar-refractivity contribution in [3.05, 3.63) is 66.0 Å². The minimum absolute atomic E-state index is 0.0760. The third-order valence-electron chi connectivity index (χ3n) is 5.17. The summed E-state index contributed by atoms with van der Waals surface area (Å²) in [5.41, 5.74) is 2.14. The minimum Gasteiger partial charge on any atom is -0.303 e. The molecule has 26 heavy (non-hydrogen) atoms. The SMILES string of the molecule is CN(C1CCN(CCc2ccncc2)CC1)S(=O)(=O)Cc1ccccc1. The fraction of sp³-hybridized carbons (Fsp3) is 0.450. The number of benzene rings is 1. The first-order valence-electron chi connectivity index (χ1n) is 9.15. The van der Waals surface area contributed by atoms with Crippen molar-refractivity contribution in [1.29, 1.82) is 0 Å². The molecule has 3 rings (SSSR count). The van der Waals surface area contributed by atoms with Gasteiger partial charge in [0, 0.05) is 32.0 Å². The molecule has 0 aliphatic carbocycles. The first-order valence-corrected chi connectivity index (χ1v) is 10.8. The van der Waals surface area contributed by atoms with Gasteiger partial charge in [-0.2, -0.15) is 0 Å². The molecule has 1 saturated heterocycles. The zero-order chi connectivity index (χ0) is 18.4. The number of hydrogen-bond acceptors (Lipinski definition) is 4. The standard InChI is InChI=1S/C20H27N3O2S/c1-22(26(24,25)17-19-5-3-2-4-6-19)20-10-15-23(16-11-20)14-9-18-7-12-21-13-8-18/h2-8,12-13,20H,9-11,14-17H2,1H3. The number of rotatable bonds is 7. The molecule has 1 aromatic heterocycles. The van der Waals surface area contributed by atoms with Crippen molar-refractivity contribution < 1.29 is 8.42 Å². The molecule has 0 radical (unpaired) electrons. The molecule has 0 spiro atoms. The molecule has 1 aliphatic heterocycles. The highest BCUT2D eigenvalue weighted by Crippen LogP contribution is 2.20. The quantitative estimate of drug-likeness (QED) is 0.748. The average molecular weight is 374 g/mol. The van der Waals surface area contributed by atoms with Crippen molar-refractivity contribution >= 4 is 10.0 Å². The third-order valence-corrected chi connectivity index (χ3v) is 7.04. The maximum Gasteiger partial charge on any atom is 0.218 e. The lowest BCUT2D eigenvalue weighted by Gasteiger charge is -2.36. The summed E-state index contributed by atoms with van der Waals surface area (Å²) >= 11 is 0. The average Bonchev–Trinajstić information content (AvgIpc) is 2.67. The van der Waals surface area contributed by atoms with Gasteiger partial charge in [-0.15, -0.1) is 0 Å². The van der Waals surface area contributed by atoms with Crippen molar-refractivity contribution in [2.45, 2.75) is 31.1 Å². The smallest absolute Gasteiger partial charge is 0.218 e. The Kier molecular flexibility index (Phi) is 6.40. The lowest BCUT2D eigenvalue weighted by Crippen LogP contribution is -2.46. The number of nitrogens with zero attached hydrogens (tertiary/aromatic N) is 3. The Morgan fingerprint density at radius 1 is 1.04 bits per heavy atom. The van der Waals surface area contributed by atoms with Gasteiger partial charge in [0.2, 0.25) is 10.0 Å². The van der Waals surface area contributed by atoms with Crippen LogP contribution in [0.5, 0.6) is 0 Å². The molecule has 1 aliphatic rings. The van der Waals surface area contributed by atoms with Gasteiger partial charge in [0.25, 0.3) is 0 Å². The summed E-state index contributed by atoms with van der Waals surface area (Å²) < 4.78 is 27.0. The van der Waals surface area contributed by atoms with Crippen LogP contribution in [0.1, 0.15) is 24.0 Å². The monoisotopic (exact) mass is 373 g/mol. The van der Waals surface area contributed by atoms with E-state index in [2.05, 4.69) is 22.0 Å². The van der Waals surface area contributed by atoms with Crippen LogP contribution in [0.3, 0.4) is 0 Å². The Labute approximate surface area is 156 Å². The predicted molar refractivity (Wildman–Crippen MR) is 104 cm³/mol. The highest BCUT2D eigenvalue weighted by molar-refractivity contribution is 7.88. The van der Waals surface area contributed by atoms with Crippen LogP contribution in [0.15, 0.2) is 54.9 Å². The zero-order valence-corrected chi connectivity index (χ0v) is 16.1. The molecule has 140 valence electrons. The number of likely N-dealkylation sites (tertiary alicyclic amines) is 1. The Balaban J connectivity index is 1.49. The van der Waals surface area contributed by atoms with Gasteiger partial charge in [0.15, 0.2) is 0 Å². The van der Waals surface area contributed by atoms with Gasteiger partial charge in [0.1, 0.15) is 0 Å². The van der Waals surface area contributed by atoms with Crippen LogP contribution in [0, 0.1) is 0 Å². The molecule has 0 unspecified atom stereocenters. The van der Waals surface area contributed by atoms with Crippen molar-refractivity contribution in [1.82, 2.24) is 14.2 Å². The Morgan fingerprint density at radius 2 is 1.69 bits per heavy atom. The van der Waals surface area contributed by atoms with E-state index in [1.807, 2.05) is 42.7 Å². The Morgan fingerprint density at radius 3 is 2.35 bits per heavy atom. The van der Waals surface area contributed by atoms with Crippen LogP contribution >= 0.6 is 0 Å². The molecule has 2 aromatic rings. The molecular weight excluding hydrogens is 346 g/mol. The van der Waals surface area contributed by atoms with E-state index in [-0.39, 0.29) is 11.8 Å². The fourth-order valence-corrected chi connectivity index (χ4v) is 4.94. The topological polar surface area (TPSA) is 53.5 Å². The normalized spacial score (nSPS) is 16.8. The highest BCUT2D eigenvalue weighted by Gasteiger charge is 2.29. The van der Waals surface area contributed by atoms with Crippen LogP contribution in [0.4, 0.5) is 0 Å². The molecule has 6 heteroatoms. The first-order chi connectivity index (χ1) is 12.5. The molecule has 2 heterocycles. The van der Waals surface area contributed by atoms with Crippen molar-refractivity contribution in [2.75, 3.05) is 26.7 Å². The van der Waals surface area contributed by atoms with E-state index < -0.39 is 10.0 Å². The van der Waals surface area contributed by atoms with Crippen LogP contribution < -0.4 is 0 Å². The molecule has 1 aromatic carbocycles.